The Bertz CT molecular complexity index is 1310. The summed E-state index contributed by atoms with van der Waals surface area (Å²) >= 11 is 6.13. The van der Waals surface area contributed by atoms with Gasteiger partial charge in [-0.15, -0.1) is 0 Å². The SMILES string of the molecule is CC(=O)OCC(=O)C12CN(c3ccc(Cl)cc3)CC1CC1C3CCC4=CC(=O)C=CC4(C)C3(F)C(O)CC12C. The van der Waals surface area contributed by atoms with Gasteiger partial charge in [0.05, 0.1) is 11.5 Å². The first kappa shape index (κ1) is 26.7. The van der Waals surface area contributed by atoms with Gasteiger partial charge >= 0.3 is 5.97 Å². The normalized spacial score (nSPS) is 42.3. The monoisotopic (exact) mass is 555 g/mol. The van der Waals surface area contributed by atoms with Crippen molar-refractivity contribution >= 4 is 34.8 Å². The summed E-state index contributed by atoms with van der Waals surface area (Å²) in [5.41, 5.74) is -2.96. The summed E-state index contributed by atoms with van der Waals surface area (Å²) in [5, 5.41) is 12.4. The van der Waals surface area contributed by atoms with Gasteiger partial charge in [0.15, 0.2) is 23.8 Å². The van der Waals surface area contributed by atoms with E-state index in [0.717, 1.165) is 11.3 Å². The lowest BCUT2D eigenvalue weighted by atomic mass is 9.43. The van der Waals surface area contributed by atoms with Gasteiger partial charge in [0.25, 0.3) is 0 Å². The van der Waals surface area contributed by atoms with E-state index < -0.39 is 39.9 Å². The number of carbonyl (C=O) groups is 3. The Hall–Kier alpha value is -2.51. The summed E-state index contributed by atoms with van der Waals surface area (Å²) < 4.78 is 22.8. The van der Waals surface area contributed by atoms with E-state index in [0.29, 0.717) is 37.4 Å². The second-order valence-electron chi connectivity index (χ2n) is 12.7. The van der Waals surface area contributed by atoms with Crippen LogP contribution in [0, 0.1) is 34.0 Å². The van der Waals surface area contributed by atoms with Crippen LogP contribution < -0.4 is 4.90 Å². The number of carbonyl (C=O) groups excluding carboxylic acids is 3. The molecule has 0 radical (unpaired) electrons. The molecule has 8 atom stereocenters. The molecule has 6 nitrogen and oxygen atoms in total. The largest absolute Gasteiger partial charge is 0.458 e. The Morgan fingerprint density at radius 2 is 1.92 bits per heavy atom. The van der Waals surface area contributed by atoms with Gasteiger partial charge in [-0.1, -0.05) is 30.2 Å². The fraction of sp³-hybridized carbons (Fsp3) is 0.581. The van der Waals surface area contributed by atoms with Gasteiger partial charge in [-0.3, -0.25) is 14.4 Å². The van der Waals surface area contributed by atoms with Gasteiger partial charge in [-0.25, -0.2) is 4.39 Å². The van der Waals surface area contributed by atoms with Crippen molar-refractivity contribution in [3.8, 4) is 0 Å². The predicted octanol–water partition coefficient (Wildman–Crippen LogP) is 4.88. The number of Topliss-reactive ketones (excluding diaryl/α,β-unsaturated/α-hetero) is 1. The summed E-state index contributed by atoms with van der Waals surface area (Å²) in [6, 6.07) is 7.51. The first-order valence-electron chi connectivity index (χ1n) is 13.9. The molecule has 8 unspecified atom stereocenters. The second kappa shape index (κ2) is 8.74. The van der Waals surface area contributed by atoms with Crippen LogP contribution in [0.4, 0.5) is 10.1 Å². The van der Waals surface area contributed by atoms with Crippen LogP contribution in [0.3, 0.4) is 0 Å². The van der Waals surface area contributed by atoms with Crippen molar-refractivity contribution < 1.29 is 28.6 Å². The molecule has 0 amide bonds. The fourth-order valence-electron chi connectivity index (χ4n) is 9.43. The lowest BCUT2D eigenvalue weighted by molar-refractivity contribution is -0.205. The number of fused-ring (bicyclic) bond motifs is 7. The van der Waals surface area contributed by atoms with Crippen LogP contribution in [-0.2, 0) is 19.1 Å². The molecule has 0 spiro atoms. The Morgan fingerprint density at radius 3 is 2.62 bits per heavy atom. The summed E-state index contributed by atoms with van der Waals surface area (Å²) in [6.45, 7) is 5.82. The number of allylic oxidation sites excluding steroid dienone is 4. The number of esters is 1. The molecule has 208 valence electrons. The number of alkyl halides is 1. The smallest absolute Gasteiger partial charge is 0.303 e. The zero-order valence-electron chi connectivity index (χ0n) is 22.6. The highest BCUT2D eigenvalue weighted by molar-refractivity contribution is 6.30. The maximum absolute atomic E-state index is 17.6. The number of aliphatic hydroxyl groups excluding tert-OH is 1. The average Bonchev–Trinajstić information content (AvgIpc) is 3.38. The topological polar surface area (TPSA) is 83.9 Å². The van der Waals surface area contributed by atoms with Crippen molar-refractivity contribution in [2.75, 3.05) is 24.6 Å². The molecule has 0 bridgehead atoms. The van der Waals surface area contributed by atoms with E-state index in [2.05, 4.69) is 4.90 Å². The van der Waals surface area contributed by atoms with Crippen molar-refractivity contribution in [1.82, 2.24) is 0 Å². The van der Waals surface area contributed by atoms with Gasteiger partial charge in [-0.05, 0) is 86.3 Å². The quantitative estimate of drug-likeness (QED) is 0.533. The minimum atomic E-state index is -1.95. The number of aliphatic hydroxyl groups is 1. The first-order chi connectivity index (χ1) is 18.4. The van der Waals surface area contributed by atoms with Gasteiger partial charge in [0.2, 0.25) is 0 Å². The zero-order valence-corrected chi connectivity index (χ0v) is 23.3. The molecular formula is C31H35ClFNO5. The molecule has 0 aromatic heterocycles. The van der Waals surface area contributed by atoms with E-state index in [-0.39, 0.29) is 36.4 Å². The average molecular weight is 556 g/mol. The molecule has 3 saturated carbocycles. The van der Waals surface area contributed by atoms with E-state index in [9.17, 15) is 19.5 Å². The maximum Gasteiger partial charge on any atom is 0.303 e. The van der Waals surface area contributed by atoms with Crippen LogP contribution in [0.1, 0.15) is 46.5 Å². The van der Waals surface area contributed by atoms with E-state index >= 15 is 4.39 Å². The molecule has 4 aliphatic carbocycles. The lowest BCUT2D eigenvalue weighted by Crippen LogP contribution is -2.68. The molecule has 1 aliphatic heterocycles. The number of halogens is 2. The van der Waals surface area contributed by atoms with Gasteiger partial charge in [-0.2, -0.15) is 0 Å². The Kier molecular flexibility index (Phi) is 5.99. The van der Waals surface area contributed by atoms with Crippen LogP contribution in [0.5, 0.6) is 0 Å². The zero-order chi connectivity index (χ0) is 28.0. The number of nitrogens with zero attached hydrogens (tertiary/aromatic N) is 1. The highest BCUT2D eigenvalue weighted by Crippen LogP contribution is 2.74. The summed E-state index contributed by atoms with van der Waals surface area (Å²) in [5.74, 6) is -1.53. The Labute approximate surface area is 233 Å². The predicted molar refractivity (Wildman–Crippen MR) is 145 cm³/mol. The lowest BCUT2D eigenvalue weighted by Gasteiger charge is -2.63. The van der Waals surface area contributed by atoms with Crippen LogP contribution in [0.15, 0.2) is 48.1 Å². The van der Waals surface area contributed by atoms with Crippen molar-refractivity contribution in [3.05, 3.63) is 53.1 Å². The molecule has 1 aromatic carbocycles. The Balaban J connectivity index is 1.42. The third kappa shape index (κ3) is 3.45. The number of hydrogen-bond acceptors (Lipinski definition) is 6. The summed E-state index contributed by atoms with van der Waals surface area (Å²) in [4.78, 5) is 40.2. The van der Waals surface area contributed by atoms with Crippen molar-refractivity contribution in [2.24, 2.45) is 34.0 Å². The van der Waals surface area contributed by atoms with Crippen molar-refractivity contribution in [2.45, 2.75) is 58.2 Å². The number of ketones is 2. The number of ether oxygens (including phenoxy) is 1. The molecule has 5 aliphatic rings. The van der Waals surface area contributed by atoms with Crippen molar-refractivity contribution in [1.29, 1.82) is 0 Å². The van der Waals surface area contributed by atoms with E-state index in [1.54, 1.807) is 13.0 Å². The van der Waals surface area contributed by atoms with Crippen LogP contribution >= 0.6 is 11.6 Å². The van der Waals surface area contributed by atoms with Gasteiger partial charge < -0.3 is 14.7 Å². The number of anilines is 1. The van der Waals surface area contributed by atoms with Gasteiger partial charge in [0.1, 0.15) is 0 Å². The summed E-state index contributed by atoms with van der Waals surface area (Å²) in [6.07, 6.45) is 5.15. The van der Waals surface area contributed by atoms with Crippen molar-refractivity contribution in [3.63, 3.8) is 0 Å². The van der Waals surface area contributed by atoms with Crippen LogP contribution in [0.25, 0.3) is 0 Å². The van der Waals surface area contributed by atoms with E-state index in [1.807, 2.05) is 31.2 Å². The molecular weight excluding hydrogens is 521 g/mol. The highest BCUT2D eigenvalue weighted by Gasteiger charge is 2.77. The number of rotatable bonds is 4. The molecule has 1 heterocycles. The van der Waals surface area contributed by atoms with Crippen LogP contribution in [0.2, 0.25) is 5.02 Å². The van der Waals surface area contributed by atoms with Gasteiger partial charge in [0, 0.05) is 42.1 Å². The Morgan fingerprint density at radius 1 is 1.21 bits per heavy atom. The molecule has 8 heteroatoms. The minimum Gasteiger partial charge on any atom is -0.458 e. The van der Waals surface area contributed by atoms with E-state index in [1.165, 1.54) is 19.1 Å². The molecule has 4 fully saturated rings. The second-order valence-corrected chi connectivity index (χ2v) is 13.2. The third-order valence-corrected chi connectivity index (χ3v) is 11.5. The fourth-order valence-corrected chi connectivity index (χ4v) is 9.56. The summed E-state index contributed by atoms with van der Waals surface area (Å²) in [7, 11) is 0. The first-order valence-corrected chi connectivity index (χ1v) is 14.2. The molecule has 39 heavy (non-hydrogen) atoms. The molecule has 6 rings (SSSR count). The third-order valence-electron chi connectivity index (χ3n) is 11.3. The molecule has 1 saturated heterocycles. The standard InChI is InChI=1S/C31H35ClFNO5/c1-18(35)39-16-27(38)30-17-34(22-7-5-21(32)6-8-22)15-20(30)13-25-24-9-4-19-12-23(36)10-11-28(19,2)31(24,33)26(37)14-29(25,30)3/h5-8,10-12,20,24-26,37H,4,9,13-17H2,1-3H3. The minimum absolute atomic E-state index is 0.0889. The number of hydrogen-bond donors (Lipinski definition) is 1. The highest BCUT2D eigenvalue weighted by atomic mass is 35.5. The molecule has 1 N–H and O–H groups in total. The number of benzene rings is 1. The van der Waals surface area contributed by atoms with Crippen LogP contribution in [-0.4, -0.2) is 54.1 Å². The maximum atomic E-state index is 17.6. The van der Waals surface area contributed by atoms with E-state index in [4.69, 9.17) is 16.3 Å². The molecule has 1 aromatic rings.